The summed E-state index contributed by atoms with van der Waals surface area (Å²) < 4.78 is 4.99. The van der Waals surface area contributed by atoms with Crippen molar-refractivity contribution in [1.82, 2.24) is 5.32 Å². The smallest absolute Gasteiger partial charge is 0.330 e. The van der Waals surface area contributed by atoms with E-state index in [0.29, 0.717) is 11.1 Å². The van der Waals surface area contributed by atoms with Gasteiger partial charge in [-0.05, 0) is 30.3 Å². The average Bonchev–Trinajstić information content (AvgIpc) is 2.55. The van der Waals surface area contributed by atoms with Gasteiger partial charge in [0.15, 0.2) is 11.5 Å². The minimum atomic E-state index is -1.21. The topological polar surface area (TPSA) is 95.9 Å². The van der Waals surface area contributed by atoms with Crippen LogP contribution in [0.25, 0.3) is 5.70 Å². The maximum absolute atomic E-state index is 12.2. The third-order valence-electron chi connectivity index (χ3n) is 3.04. The van der Waals surface area contributed by atoms with Crippen molar-refractivity contribution in [3.63, 3.8) is 0 Å². The fourth-order valence-corrected chi connectivity index (χ4v) is 1.94. The molecule has 0 atom stereocenters. The molecule has 0 bridgehead atoms. The van der Waals surface area contributed by atoms with Crippen molar-refractivity contribution in [2.24, 2.45) is 0 Å². The monoisotopic (exact) mass is 313 g/mol. The van der Waals surface area contributed by atoms with Crippen LogP contribution in [-0.4, -0.2) is 29.2 Å². The lowest BCUT2D eigenvalue weighted by Gasteiger charge is -2.12. The predicted molar refractivity (Wildman–Crippen MR) is 84.2 cm³/mol. The molecular formula is C17H15NO5. The van der Waals surface area contributed by atoms with Gasteiger partial charge in [0.2, 0.25) is 0 Å². The number of hydrogen-bond donors (Lipinski definition) is 3. The van der Waals surface area contributed by atoms with Crippen LogP contribution < -0.4 is 10.1 Å². The highest BCUT2D eigenvalue weighted by atomic mass is 16.5. The molecule has 0 aliphatic heterocycles. The minimum absolute atomic E-state index is 0.0830. The van der Waals surface area contributed by atoms with Crippen LogP contribution >= 0.6 is 0 Å². The third-order valence-corrected chi connectivity index (χ3v) is 3.04. The van der Waals surface area contributed by atoms with Gasteiger partial charge >= 0.3 is 5.97 Å². The van der Waals surface area contributed by atoms with Gasteiger partial charge in [0.05, 0.1) is 12.8 Å². The quantitative estimate of drug-likeness (QED) is 0.736. The summed E-state index contributed by atoms with van der Waals surface area (Å²) in [5.74, 6) is -1.56. The van der Waals surface area contributed by atoms with Gasteiger partial charge in [0.1, 0.15) is 0 Å². The molecule has 6 heteroatoms. The van der Waals surface area contributed by atoms with Crippen LogP contribution in [0, 0.1) is 0 Å². The van der Waals surface area contributed by atoms with Crippen LogP contribution in [0.4, 0.5) is 0 Å². The first-order valence-electron chi connectivity index (χ1n) is 6.69. The van der Waals surface area contributed by atoms with Gasteiger partial charge in [0.25, 0.3) is 5.91 Å². The third kappa shape index (κ3) is 4.10. The maximum Gasteiger partial charge on any atom is 0.330 e. The van der Waals surface area contributed by atoms with Gasteiger partial charge in [-0.2, -0.15) is 0 Å². The Labute approximate surface area is 132 Å². The van der Waals surface area contributed by atoms with Gasteiger partial charge in [-0.3, -0.25) is 4.79 Å². The predicted octanol–water partition coefficient (Wildman–Crippen LogP) is 2.26. The Bertz CT molecular complexity index is 753. The molecule has 2 rings (SSSR count). The lowest BCUT2D eigenvalue weighted by Crippen LogP contribution is -2.22. The lowest BCUT2D eigenvalue weighted by atomic mass is 10.1. The van der Waals surface area contributed by atoms with Crippen LogP contribution in [0.2, 0.25) is 0 Å². The minimum Gasteiger partial charge on any atom is -0.504 e. The van der Waals surface area contributed by atoms with Crippen molar-refractivity contribution in [1.29, 1.82) is 0 Å². The summed E-state index contributed by atoms with van der Waals surface area (Å²) in [6.45, 7) is 0. The molecule has 0 unspecified atom stereocenters. The first-order chi connectivity index (χ1) is 11.0. The zero-order valence-electron chi connectivity index (χ0n) is 12.3. The summed E-state index contributed by atoms with van der Waals surface area (Å²) >= 11 is 0. The van der Waals surface area contributed by atoms with E-state index in [-0.39, 0.29) is 17.2 Å². The number of hydrogen-bond acceptors (Lipinski definition) is 4. The molecule has 0 saturated carbocycles. The van der Waals surface area contributed by atoms with E-state index in [1.54, 1.807) is 30.3 Å². The Morgan fingerprint density at radius 2 is 1.78 bits per heavy atom. The molecule has 0 saturated heterocycles. The van der Waals surface area contributed by atoms with E-state index in [4.69, 9.17) is 9.84 Å². The Hall–Kier alpha value is -3.28. The molecule has 0 heterocycles. The zero-order chi connectivity index (χ0) is 16.8. The second-order valence-corrected chi connectivity index (χ2v) is 4.60. The van der Waals surface area contributed by atoms with E-state index in [0.717, 1.165) is 6.08 Å². The second kappa shape index (κ2) is 7.13. The number of ether oxygens (including phenoxy) is 1. The summed E-state index contributed by atoms with van der Waals surface area (Å²) in [5, 5.41) is 21.2. The molecule has 1 amide bonds. The van der Waals surface area contributed by atoms with Crippen molar-refractivity contribution in [3.05, 3.63) is 65.7 Å². The summed E-state index contributed by atoms with van der Waals surface area (Å²) in [6.07, 6.45) is 0.882. The number of carboxylic acids is 1. The SMILES string of the molecule is COc1cc(/C(=C\C(=O)O)NC(=O)c2ccccc2)ccc1O. The number of aliphatic carboxylic acids is 1. The first-order valence-corrected chi connectivity index (χ1v) is 6.69. The summed E-state index contributed by atoms with van der Waals surface area (Å²) in [4.78, 5) is 23.2. The number of carbonyl (C=O) groups is 2. The van der Waals surface area contributed by atoms with Gasteiger partial charge in [0, 0.05) is 17.2 Å². The molecule has 0 radical (unpaired) electrons. The van der Waals surface area contributed by atoms with Gasteiger partial charge in [-0.25, -0.2) is 4.79 Å². The number of benzene rings is 2. The van der Waals surface area contributed by atoms with Crippen LogP contribution in [-0.2, 0) is 4.79 Å². The van der Waals surface area contributed by atoms with Crippen molar-refractivity contribution in [3.8, 4) is 11.5 Å². The molecule has 0 aromatic heterocycles. The Morgan fingerprint density at radius 1 is 1.09 bits per heavy atom. The van der Waals surface area contributed by atoms with Crippen LogP contribution in [0.3, 0.4) is 0 Å². The van der Waals surface area contributed by atoms with Crippen molar-refractivity contribution in [2.45, 2.75) is 0 Å². The molecule has 6 nitrogen and oxygen atoms in total. The van der Waals surface area contributed by atoms with Crippen molar-refractivity contribution < 1.29 is 24.5 Å². The van der Waals surface area contributed by atoms with E-state index in [1.807, 2.05) is 0 Å². The van der Waals surface area contributed by atoms with E-state index >= 15 is 0 Å². The van der Waals surface area contributed by atoms with E-state index in [1.165, 1.54) is 25.3 Å². The average molecular weight is 313 g/mol. The van der Waals surface area contributed by atoms with Crippen LogP contribution in [0.15, 0.2) is 54.6 Å². The zero-order valence-corrected chi connectivity index (χ0v) is 12.3. The molecule has 118 valence electrons. The molecule has 23 heavy (non-hydrogen) atoms. The van der Waals surface area contributed by atoms with Gasteiger partial charge < -0.3 is 20.3 Å². The molecule has 0 spiro atoms. The summed E-state index contributed by atoms with van der Waals surface area (Å²) in [7, 11) is 1.38. The number of rotatable bonds is 5. The highest BCUT2D eigenvalue weighted by Gasteiger charge is 2.13. The highest BCUT2D eigenvalue weighted by molar-refractivity contribution is 6.02. The van der Waals surface area contributed by atoms with Crippen molar-refractivity contribution >= 4 is 17.6 Å². The van der Waals surface area contributed by atoms with Crippen LogP contribution in [0.1, 0.15) is 15.9 Å². The van der Waals surface area contributed by atoms with Crippen LogP contribution in [0.5, 0.6) is 11.5 Å². The Morgan fingerprint density at radius 3 is 2.39 bits per heavy atom. The number of carboxylic acid groups (broad SMARTS) is 1. The molecule has 2 aromatic carbocycles. The number of amides is 1. The van der Waals surface area contributed by atoms with Gasteiger partial charge in [-0.1, -0.05) is 18.2 Å². The standard InChI is InChI=1S/C17H15NO5/c1-23-15-9-12(7-8-14(15)19)13(10-16(20)21)18-17(22)11-5-3-2-4-6-11/h2-10,19H,1H3,(H,18,22)(H,20,21)/b13-10+. The fraction of sp³-hybridized carbons (Fsp3) is 0.0588. The van der Waals surface area contributed by atoms with E-state index < -0.39 is 11.9 Å². The Balaban J connectivity index is 2.35. The summed E-state index contributed by atoms with van der Waals surface area (Å²) in [5.41, 5.74) is 0.880. The highest BCUT2D eigenvalue weighted by Crippen LogP contribution is 2.28. The first kappa shape index (κ1) is 16.1. The number of nitrogens with one attached hydrogen (secondary N) is 1. The Kier molecular flexibility index (Phi) is 4.99. The number of phenols is 1. The molecule has 3 N–H and O–H groups in total. The normalized spacial score (nSPS) is 10.9. The number of carbonyl (C=O) groups excluding carboxylic acids is 1. The van der Waals surface area contributed by atoms with Gasteiger partial charge in [-0.15, -0.1) is 0 Å². The molecule has 0 aliphatic rings. The second-order valence-electron chi connectivity index (χ2n) is 4.60. The van der Waals surface area contributed by atoms with E-state index in [9.17, 15) is 14.7 Å². The molecule has 2 aromatic rings. The molecule has 0 fully saturated rings. The summed E-state index contributed by atoms with van der Waals surface area (Å²) in [6, 6.07) is 12.7. The number of aromatic hydroxyl groups is 1. The maximum atomic E-state index is 12.2. The molecular weight excluding hydrogens is 298 g/mol. The van der Waals surface area contributed by atoms with E-state index in [2.05, 4.69) is 5.32 Å². The lowest BCUT2D eigenvalue weighted by molar-refractivity contribution is -0.131. The largest absolute Gasteiger partial charge is 0.504 e. The molecule has 0 aliphatic carbocycles. The van der Waals surface area contributed by atoms with Crippen molar-refractivity contribution in [2.75, 3.05) is 7.11 Å². The fourth-order valence-electron chi connectivity index (χ4n) is 1.94. The number of methoxy groups -OCH3 is 1. The number of phenolic OH excluding ortho intramolecular Hbond substituents is 1.